The van der Waals surface area contributed by atoms with Crippen molar-refractivity contribution >= 4 is 19.2 Å². The molecule has 2 fully saturated rings. The third-order valence-corrected chi connectivity index (χ3v) is 8.61. The monoisotopic (exact) mass is 390 g/mol. The summed E-state index contributed by atoms with van der Waals surface area (Å²) in [6, 6.07) is 0. The van der Waals surface area contributed by atoms with Crippen molar-refractivity contribution < 1.29 is 10.9 Å². The van der Waals surface area contributed by atoms with Gasteiger partial charge in [-0.3, -0.25) is 0 Å². The van der Waals surface area contributed by atoms with Gasteiger partial charge in [0.2, 0.25) is 0 Å². The van der Waals surface area contributed by atoms with Crippen LogP contribution >= 0.6 is 0 Å². The molecule has 0 amide bonds. The van der Waals surface area contributed by atoms with Crippen LogP contribution < -0.4 is 11.2 Å². The average molecular weight is 389 g/mol. The number of aromatic amines is 1. The summed E-state index contributed by atoms with van der Waals surface area (Å²) in [6.45, 7) is 2.19. The number of ether oxygens (including phenoxy) is 1. The Kier molecular flexibility index (Phi) is 3.55. The number of fused-ring (bicyclic) bond motifs is 1. The normalized spacial score (nSPS) is 32.0. The van der Waals surface area contributed by atoms with E-state index in [1.165, 1.54) is 4.57 Å². The molecule has 2 aliphatic heterocycles. The number of hydrogen-bond acceptors (Lipinski definition) is 5. The molecule has 0 spiro atoms. The van der Waals surface area contributed by atoms with Gasteiger partial charge in [-0.2, -0.15) is 0 Å². The first-order chi connectivity index (χ1) is 9.35. The molecular weight excluding hydrogens is 371 g/mol. The Morgan fingerprint density at radius 1 is 1.35 bits per heavy atom. The van der Waals surface area contributed by atoms with Crippen molar-refractivity contribution in [2.45, 2.75) is 41.7 Å². The van der Waals surface area contributed by atoms with Crippen molar-refractivity contribution in [2.24, 2.45) is 0 Å². The van der Waals surface area contributed by atoms with Gasteiger partial charge >= 0.3 is 121 Å². The molecule has 3 rings (SSSR count). The molecule has 2 saturated heterocycles. The molecule has 3 heterocycles. The van der Waals surface area contributed by atoms with Gasteiger partial charge in [0.15, 0.2) is 0 Å². The number of H-pyrrole nitrogens is 1. The number of aryl methyl sites for hydroxylation is 1. The molecular formula is C12H18N2O5Sn. The minimum absolute atomic E-state index is 0.0151. The van der Waals surface area contributed by atoms with Gasteiger partial charge in [0.05, 0.1) is 0 Å². The second-order valence-corrected chi connectivity index (χ2v) is 15.2. The van der Waals surface area contributed by atoms with Crippen LogP contribution in [0, 0.1) is 6.92 Å². The van der Waals surface area contributed by atoms with Crippen LogP contribution in [0.3, 0.4) is 0 Å². The van der Waals surface area contributed by atoms with E-state index in [0.29, 0.717) is 18.6 Å². The average Bonchev–Trinajstić information content (AvgIpc) is 2.74. The molecule has 1 aromatic heterocycles. The van der Waals surface area contributed by atoms with Gasteiger partial charge in [0, 0.05) is 0 Å². The van der Waals surface area contributed by atoms with Gasteiger partial charge in [-0.05, 0) is 0 Å². The zero-order chi connectivity index (χ0) is 14.5. The zero-order valence-electron chi connectivity index (χ0n) is 11.7. The molecule has 1 aromatic rings. The summed E-state index contributed by atoms with van der Waals surface area (Å²) in [6.07, 6.45) is 1.59. The molecule has 2 aliphatic rings. The standard InChI is InChI=1S/C10H12N2O5.2CH3.Sn/c1-5-3-12(10(16)11-9(5)15)8-2-6(14)7(4-13)17-8;;;/h3,6-8H,2,4H2,1H3,(H,11,15,16);2*1H3;/q-2;;;+2. The number of hydrogen-bond donors (Lipinski definition) is 1. The number of nitrogens with zero attached hydrogens (tertiary/aromatic N) is 1. The fraction of sp³-hybridized carbons (Fsp3) is 0.667. The fourth-order valence-electron chi connectivity index (χ4n) is 2.63. The Morgan fingerprint density at radius 3 is 2.85 bits per heavy atom. The van der Waals surface area contributed by atoms with E-state index >= 15 is 0 Å². The Bertz CT molecular complexity index is 637. The van der Waals surface area contributed by atoms with E-state index in [0.717, 1.165) is 0 Å². The van der Waals surface area contributed by atoms with Gasteiger partial charge in [0.25, 0.3) is 0 Å². The summed E-state index contributed by atoms with van der Waals surface area (Å²) in [7, 11) is 0. The van der Waals surface area contributed by atoms with Crippen molar-refractivity contribution in [1.82, 2.24) is 9.55 Å². The molecule has 0 bridgehead atoms. The molecule has 0 saturated carbocycles. The Morgan fingerprint density at radius 2 is 2.10 bits per heavy atom. The van der Waals surface area contributed by atoms with Crippen molar-refractivity contribution in [1.29, 1.82) is 0 Å². The van der Waals surface area contributed by atoms with E-state index in [1.54, 1.807) is 13.1 Å². The maximum atomic E-state index is 11.9. The third-order valence-electron chi connectivity index (χ3n) is 3.67. The Hall–Kier alpha value is -0.641. The summed E-state index contributed by atoms with van der Waals surface area (Å²) in [5.74, 6) is 0. The number of aromatic nitrogens is 2. The molecule has 0 radical (unpaired) electrons. The first-order valence-corrected chi connectivity index (χ1v) is 14.7. The van der Waals surface area contributed by atoms with Crippen LogP contribution in [0.25, 0.3) is 0 Å². The first-order valence-electron chi connectivity index (χ1n) is 6.65. The predicted octanol–water partition coefficient (Wildman–Crippen LogP) is 0.250. The quantitative estimate of drug-likeness (QED) is 0.697. The van der Waals surface area contributed by atoms with Gasteiger partial charge in [-0.1, -0.05) is 0 Å². The number of nitrogens with one attached hydrogen (secondary N) is 1. The van der Waals surface area contributed by atoms with E-state index in [-0.39, 0.29) is 17.8 Å². The molecule has 3 atom stereocenters. The van der Waals surface area contributed by atoms with Gasteiger partial charge in [-0.25, -0.2) is 0 Å². The van der Waals surface area contributed by atoms with Gasteiger partial charge in [0.1, 0.15) is 0 Å². The van der Waals surface area contributed by atoms with Crippen LogP contribution in [-0.4, -0.2) is 47.6 Å². The van der Waals surface area contributed by atoms with E-state index in [4.69, 9.17) is 10.9 Å². The van der Waals surface area contributed by atoms with Crippen molar-refractivity contribution in [3.05, 3.63) is 32.6 Å². The van der Waals surface area contributed by atoms with E-state index in [1.807, 2.05) is 0 Å². The third kappa shape index (κ3) is 2.59. The molecule has 1 N–H and O–H groups in total. The minimum atomic E-state index is -2.80. The van der Waals surface area contributed by atoms with Crippen LogP contribution in [-0.2, 0) is 10.9 Å². The summed E-state index contributed by atoms with van der Waals surface area (Å²) in [5.41, 5.74) is -0.328. The van der Waals surface area contributed by atoms with Gasteiger partial charge < -0.3 is 0 Å². The van der Waals surface area contributed by atoms with Crippen LogP contribution in [0.15, 0.2) is 15.8 Å². The summed E-state index contributed by atoms with van der Waals surface area (Å²) in [5, 5.41) is 0. The molecule has 0 aromatic carbocycles. The summed E-state index contributed by atoms with van der Waals surface area (Å²) >= 11 is -2.80. The molecule has 0 aliphatic carbocycles. The van der Waals surface area contributed by atoms with E-state index in [9.17, 15) is 9.59 Å². The Balaban J connectivity index is 1.86. The summed E-state index contributed by atoms with van der Waals surface area (Å²) in [4.78, 5) is 29.7. The number of rotatable bonds is 1. The molecule has 20 heavy (non-hydrogen) atoms. The van der Waals surface area contributed by atoms with Crippen molar-refractivity contribution in [3.8, 4) is 0 Å². The van der Waals surface area contributed by atoms with Gasteiger partial charge in [-0.15, -0.1) is 0 Å². The zero-order valence-corrected chi connectivity index (χ0v) is 14.6. The molecule has 110 valence electrons. The topological polar surface area (TPSA) is 82.6 Å². The van der Waals surface area contributed by atoms with E-state index < -0.39 is 31.1 Å². The first kappa shape index (κ1) is 14.3. The second kappa shape index (κ2) is 4.97. The van der Waals surface area contributed by atoms with Crippen LogP contribution in [0.4, 0.5) is 0 Å². The van der Waals surface area contributed by atoms with Crippen LogP contribution in [0.1, 0.15) is 18.2 Å². The molecule has 3 unspecified atom stereocenters. The predicted molar refractivity (Wildman–Crippen MR) is 72.9 cm³/mol. The van der Waals surface area contributed by atoms with Crippen LogP contribution in [0.2, 0.25) is 9.88 Å². The van der Waals surface area contributed by atoms with Crippen LogP contribution in [0.5, 0.6) is 0 Å². The van der Waals surface area contributed by atoms with Crippen molar-refractivity contribution in [2.75, 3.05) is 6.61 Å². The van der Waals surface area contributed by atoms with Crippen molar-refractivity contribution in [3.63, 3.8) is 0 Å². The van der Waals surface area contributed by atoms with E-state index in [2.05, 4.69) is 14.9 Å². The second-order valence-electron chi connectivity index (χ2n) is 5.71. The summed E-state index contributed by atoms with van der Waals surface area (Å²) < 4.78 is 19.0. The Labute approximate surface area is 120 Å². The SMILES string of the molecule is Cc1cn(C2CC3[O][Sn]([CH3])([CH3])[O]CC3O2)c(=O)[nH]c1=O. The maximum absolute atomic E-state index is 11.9. The molecule has 7 nitrogen and oxygen atoms in total. The molecule has 8 heteroatoms. The fourth-order valence-corrected chi connectivity index (χ4v) is 7.22.